The van der Waals surface area contributed by atoms with Crippen molar-refractivity contribution in [3.05, 3.63) is 64.9 Å². The van der Waals surface area contributed by atoms with Crippen molar-refractivity contribution in [3.63, 3.8) is 0 Å². The van der Waals surface area contributed by atoms with Gasteiger partial charge in [0.05, 0.1) is 31.0 Å². The molecule has 0 radical (unpaired) electrons. The Kier molecular flexibility index (Phi) is 4.70. The van der Waals surface area contributed by atoms with Crippen LogP contribution in [-0.4, -0.2) is 38.8 Å². The molecule has 2 atom stereocenters. The predicted octanol–water partition coefficient (Wildman–Crippen LogP) is 3.79. The fourth-order valence-electron chi connectivity index (χ4n) is 4.16. The zero-order valence-electron chi connectivity index (χ0n) is 17.7. The van der Waals surface area contributed by atoms with Crippen molar-refractivity contribution < 1.29 is 13.9 Å². The van der Waals surface area contributed by atoms with E-state index in [-0.39, 0.29) is 23.4 Å². The minimum atomic E-state index is -0.477. The Bertz CT molecular complexity index is 1370. The molecule has 0 aliphatic heterocycles. The van der Waals surface area contributed by atoms with Crippen molar-refractivity contribution in [2.24, 2.45) is 0 Å². The van der Waals surface area contributed by atoms with Crippen molar-refractivity contribution in [2.75, 3.05) is 14.2 Å². The Morgan fingerprint density at radius 3 is 2.72 bits per heavy atom. The van der Waals surface area contributed by atoms with E-state index in [1.807, 2.05) is 18.2 Å². The number of imidazole rings is 1. The molecule has 0 saturated heterocycles. The van der Waals surface area contributed by atoms with E-state index in [9.17, 15) is 4.39 Å². The van der Waals surface area contributed by atoms with Crippen LogP contribution in [-0.2, 0) is 0 Å². The summed E-state index contributed by atoms with van der Waals surface area (Å²) in [7, 11) is 3.02. The zero-order valence-corrected chi connectivity index (χ0v) is 17.7. The second-order valence-electron chi connectivity index (χ2n) is 7.72. The molecule has 0 N–H and O–H groups in total. The number of halogens is 1. The zero-order chi connectivity index (χ0) is 22.4. The van der Waals surface area contributed by atoms with Gasteiger partial charge in [-0.1, -0.05) is 6.07 Å². The van der Waals surface area contributed by atoms with Crippen molar-refractivity contribution in [2.45, 2.75) is 25.2 Å². The lowest BCUT2D eigenvalue weighted by molar-refractivity contribution is 0.353. The number of aromatic nitrogens is 5. The smallest absolute Gasteiger partial charge is 0.319 e. The molecule has 0 bridgehead atoms. The fourth-order valence-corrected chi connectivity index (χ4v) is 4.16. The molecule has 1 aromatic carbocycles. The number of rotatable bonds is 5. The van der Waals surface area contributed by atoms with E-state index in [0.29, 0.717) is 22.7 Å². The second kappa shape index (κ2) is 7.57. The molecule has 0 amide bonds. The molecule has 3 aromatic heterocycles. The molecule has 160 valence electrons. The predicted molar refractivity (Wildman–Crippen MR) is 113 cm³/mol. The van der Waals surface area contributed by atoms with Crippen LogP contribution < -0.4 is 9.47 Å². The largest absolute Gasteiger partial charge is 0.480 e. The normalized spacial score (nSPS) is 17.2. The summed E-state index contributed by atoms with van der Waals surface area (Å²) >= 11 is 0. The molecular weight excluding hydrogens is 411 g/mol. The van der Waals surface area contributed by atoms with E-state index in [2.05, 4.69) is 20.1 Å². The number of hydrogen-bond donors (Lipinski definition) is 0. The summed E-state index contributed by atoms with van der Waals surface area (Å²) in [5.74, 6) is 0.167. The van der Waals surface area contributed by atoms with Crippen LogP contribution in [0.15, 0.2) is 36.8 Å². The Morgan fingerprint density at radius 2 is 2.00 bits per heavy atom. The van der Waals surface area contributed by atoms with Crippen LogP contribution in [0.25, 0.3) is 16.9 Å². The van der Waals surface area contributed by atoms with Crippen LogP contribution in [0, 0.1) is 24.1 Å². The van der Waals surface area contributed by atoms with Crippen molar-refractivity contribution in [1.82, 2.24) is 24.6 Å². The third-order valence-electron chi connectivity index (χ3n) is 5.81. The van der Waals surface area contributed by atoms with E-state index in [1.165, 1.54) is 20.3 Å². The van der Waals surface area contributed by atoms with Gasteiger partial charge in [0.1, 0.15) is 11.9 Å². The molecule has 0 spiro atoms. The third-order valence-corrected chi connectivity index (χ3v) is 5.81. The van der Waals surface area contributed by atoms with Crippen LogP contribution >= 0.6 is 0 Å². The highest BCUT2D eigenvalue weighted by Crippen LogP contribution is 2.56. The van der Waals surface area contributed by atoms with Crippen LogP contribution in [0.3, 0.4) is 0 Å². The first kappa shape index (κ1) is 19.9. The number of benzene rings is 1. The Balaban J connectivity index is 1.57. The topological polar surface area (TPSA) is 98.2 Å². The monoisotopic (exact) mass is 430 g/mol. The molecule has 3 heterocycles. The van der Waals surface area contributed by atoms with Gasteiger partial charge in [0.15, 0.2) is 5.65 Å². The van der Waals surface area contributed by atoms with Gasteiger partial charge < -0.3 is 9.47 Å². The van der Waals surface area contributed by atoms with E-state index in [4.69, 9.17) is 14.7 Å². The second-order valence-corrected chi connectivity index (χ2v) is 7.72. The minimum Gasteiger partial charge on any atom is -0.480 e. The lowest BCUT2D eigenvalue weighted by Gasteiger charge is -2.11. The molecule has 1 fully saturated rings. The summed E-state index contributed by atoms with van der Waals surface area (Å²) < 4.78 is 26.6. The highest BCUT2D eigenvalue weighted by Gasteiger charge is 2.42. The molecule has 1 saturated carbocycles. The first-order valence-corrected chi connectivity index (χ1v) is 10.0. The minimum absolute atomic E-state index is 0.0967. The number of aryl methyl sites for hydroxylation is 1. The molecule has 1 aliphatic carbocycles. The first-order valence-electron chi connectivity index (χ1n) is 10.0. The van der Waals surface area contributed by atoms with Crippen LogP contribution in [0.4, 0.5) is 4.39 Å². The van der Waals surface area contributed by atoms with Gasteiger partial charge in [0.25, 0.3) is 0 Å². The average Bonchev–Trinajstić information content (AvgIpc) is 3.46. The molecule has 5 rings (SSSR count). The van der Waals surface area contributed by atoms with Gasteiger partial charge in [-0.3, -0.25) is 0 Å². The van der Waals surface area contributed by atoms with Crippen LogP contribution in [0.2, 0.25) is 0 Å². The van der Waals surface area contributed by atoms with Crippen molar-refractivity contribution in [1.29, 1.82) is 5.26 Å². The fraction of sp³-hybridized carbons (Fsp3) is 0.261. The Hall–Kier alpha value is -4.06. The summed E-state index contributed by atoms with van der Waals surface area (Å²) in [5.41, 5.74) is 4.65. The van der Waals surface area contributed by atoms with E-state index < -0.39 is 5.82 Å². The van der Waals surface area contributed by atoms with Gasteiger partial charge in [0.2, 0.25) is 5.88 Å². The Labute approximate surface area is 183 Å². The Morgan fingerprint density at radius 1 is 1.16 bits per heavy atom. The summed E-state index contributed by atoms with van der Waals surface area (Å²) in [6.07, 6.45) is 5.94. The summed E-state index contributed by atoms with van der Waals surface area (Å²) in [4.78, 5) is 12.9. The highest BCUT2D eigenvalue weighted by atomic mass is 19.1. The van der Waals surface area contributed by atoms with E-state index in [0.717, 1.165) is 23.2 Å². The van der Waals surface area contributed by atoms with Gasteiger partial charge >= 0.3 is 6.01 Å². The summed E-state index contributed by atoms with van der Waals surface area (Å²) in [6, 6.07) is 7.47. The lowest BCUT2D eigenvalue weighted by Crippen LogP contribution is -2.02. The maximum absolute atomic E-state index is 14.4. The molecule has 1 aliphatic rings. The van der Waals surface area contributed by atoms with Gasteiger partial charge in [-0.05, 0) is 48.4 Å². The number of ether oxygens (including phenoxy) is 2. The highest BCUT2D eigenvalue weighted by molar-refractivity contribution is 5.68. The molecule has 1 unspecified atom stereocenters. The molecule has 32 heavy (non-hydrogen) atoms. The van der Waals surface area contributed by atoms with Crippen molar-refractivity contribution in [3.8, 4) is 29.2 Å². The van der Waals surface area contributed by atoms with E-state index in [1.54, 1.807) is 30.0 Å². The third kappa shape index (κ3) is 3.21. The van der Waals surface area contributed by atoms with Crippen LogP contribution in [0.1, 0.15) is 40.5 Å². The quantitative estimate of drug-likeness (QED) is 0.475. The molecule has 8 nitrogen and oxygen atoms in total. The lowest BCUT2D eigenvalue weighted by atomic mass is 9.99. The number of nitrogens with zero attached hydrogens (tertiary/aromatic N) is 6. The number of hydrogen-bond acceptors (Lipinski definition) is 7. The average molecular weight is 430 g/mol. The molecule has 9 heteroatoms. The van der Waals surface area contributed by atoms with Gasteiger partial charge in [-0.15, -0.1) is 0 Å². The SMILES string of the molecule is COc1ncc(-c2cc(C3C[C@@H]3c3cc(C)c(C#N)c(F)c3)c3nccn3n2)c(OC)n1. The van der Waals surface area contributed by atoms with Gasteiger partial charge in [0, 0.05) is 24.2 Å². The number of methoxy groups -OCH3 is 2. The van der Waals surface area contributed by atoms with E-state index >= 15 is 0 Å². The van der Waals surface area contributed by atoms with Crippen molar-refractivity contribution >= 4 is 5.65 Å². The number of fused-ring (bicyclic) bond motifs is 1. The maximum atomic E-state index is 14.4. The summed E-state index contributed by atoms with van der Waals surface area (Å²) in [5, 5.41) is 13.8. The first-order chi connectivity index (χ1) is 15.5. The number of nitriles is 1. The molecule has 4 aromatic rings. The standard InChI is InChI=1S/C23H19FN6O2/c1-12-6-13(7-19(24)17(12)10-25)14-8-15(14)16-9-20(29-30-5-4-26-21(16)30)18-11-27-23(32-3)28-22(18)31-2/h4-7,9,11,14-15H,8H2,1-3H3/t14-,15?/m1/s1. The maximum Gasteiger partial charge on any atom is 0.319 e. The van der Waals surface area contributed by atoms with Crippen LogP contribution in [0.5, 0.6) is 11.9 Å². The van der Waals surface area contributed by atoms with Gasteiger partial charge in [-0.2, -0.15) is 15.3 Å². The molecular formula is C23H19FN6O2. The van der Waals surface area contributed by atoms with Gasteiger partial charge in [-0.25, -0.2) is 18.9 Å². The summed E-state index contributed by atoms with van der Waals surface area (Å²) in [6.45, 7) is 1.76.